The number of hydrogen-bond donors (Lipinski definition) is 0. The van der Waals surface area contributed by atoms with Gasteiger partial charge < -0.3 is 0 Å². The predicted octanol–water partition coefficient (Wildman–Crippen LogP) is 2.59. The first-order valence-electron chi connectivity index (χ1n) is 4.72. The molecule has 0 bridgehead atoms. The van der Waals surface area contributed by atoms with Crippen molar-refractivity contribution in [1.29, 1.82) is 0 Å². The van der Waals surface area contributed by atoms with Crippen molar-refractivity contribution in [2.24, 2.45) is 0 Å². The summed E-state index contributed by atoms with van der Waals surface area (Å²) < 4.78 is 3.32. The van der Waals surface area contributed by atoms with Crippen LogP contribution in [0.15, 0.2) is 12.4 Å². The fourth-order valence-corrected chi connectivity index (χ4v) is 2.30. The average Bonchev–Trinajstić information content (AvgIpc) is 2.48. The van der Waals surface area contributed by atoms with E-state index in [0.717, 1.165) is 24.2 Å². The van der Waals surface area contributed by atoms with E-state index in [-0.39, 0.29) is 0 Å². The van der Waals surface area contributed by atoms with Gasteiger partial charge in [-0.2, -0.15) is 0 Å². The van der Waals surface area contributed by atoms with Gasteiger partial charge in [0.05, 0.1) is 11.4 Å². The van der Waals surface area contributed by atoms with E-state index < -0.39 is 0 Å². The van der Waals surface area contributed by atoms with E-state index in [1.807, 2.05) is 19.3 Å². The molecule has 0 atom stereocenters. The molecule has 74 valence electrons. The minimum absolute atomic E-state index is 0.986. The van der Waals surface area contributed by atoms with E-state index in [0.29, 0.717) is 0 Å². The molecule has 0 N–H and O–H groups in total. The smallest absolute Gasteiger partial charge is 0.159 e. The van der Waals surface area contributed by atoms with Gasteiger partial charge in [-0.3, -0.25) is 9.38 Å². The lowest BCUT2D eigenvalue weighted by Gasteiger charge is -1.96. The first-order chi connectivity index (χ1) is 6.74. The molecule has 0 radical (unpaired) electrons. The third-order valence-electron chi connectivity index (χ3n) is 2.21. The summed E-state index contributed by atoms with van der Waals surface area (Å²) in [6, 6.07) is 0. The summed E-state index contributed by atoms with van der Waals surface area (Å²) in [6.45, 7) is 4.17. The van der Waals surface area contributed by atoms with Gasteiger partial charge in [-0.1, -0.05) is 13.3 Å². The third-order valence-corrected chi connectivity index (χ3v) is 3.36. The number of aryl methyl sites for hydroxylation is 2. The molecule has 2 rings (SSSR count). The molecular formula is C10H12IN3. The molecule has 2 aromatic heterocycles. The molecule has 3 nitrogen and oxygen atoms in total. The number of imidazole rings is 1. The van der Waals surface area contributed by atoms with Crippen LogP contribution in [0.4, 0.5) is 0 Å². The molecule has 0 aliphatic heterocycles. The van der Waals surface area contributed by atoms with Gasteiger partial charge in [0.15, 0.2) is 5.65 Å². The summed E-state index contributed by atoms with van der Waals surface area (Å²) in [5.41, 5.74) is 3.16. The molecule has 14 heavy (non-hydrogen) atoms. The standard InChI is InChI=1S/C10H12IN3/c1-3-4-8-9(11)14-6-5-12-7(2)10(14)13-8/h5-6H,3-4H2,1-2H3. The SMILES string of the molecule is CCCc1nc2c(C)nccn2c1I. The highest BCUT2D eigenvalue weighted by molar-refractivity contribution is 14.1. The van der Waals surface area contributed by atoms with Crippen LogP contribution in [0.25, 0.3) is 5.65 Å². The van der Waals surface area contributed by atoms with E-state index >= 15 is 0 Å². The van der Waals surface area contributed by atoms with Crippen molar-refractivity contribution in [3.63, 3.8) is 0 Å². The largest absolute Gasteiger partial charge is 0.292 e. The van der Waals surface area contributed by atoms with Gasteiger partial charge in [0.1, 0.15) is 3.70 Å². The van der Waals surface area contributed by atoms with Crippen LogP contribution in [0.2, 0.25) is 0 Å². The van der Waals surface area contributed by atoms with Crippen molar-refractivity contribution in [3.8, 4) is 0 Å². The summed E-state index contributed by atoms with van der Waals surface area (Å²) in [6.07, 6.45) is 5.96. The maximum Gasteiger partial charge on any atom is 0.159 e. The lowest BCUT2D eigenvalue weighted by molar-refractivity contribution is 0.886. The molecule has 0 fully saturated rings. The second-order valence-corrected chi connectivity index (χ2v) is 4.33. The molecule has 0 aromatic carbocycles. The highest BCUT2D eigenvalue weighted by Crippen LogP contribution is 2.17. The minimum atomic E-state index is 0.986. The van der Waals surface area contributed by atoms with Gasteiger partial charge in [-0.05, 0) is 35.9 Å². The highest BCUT2D eigenvalue weighted by Gasteiger charge is 2.09. The van der Waals surface area contributed by atoms with Crippen LogP contribution in [0.1, 0.15) is 24.7 Å². The molecule has 0 spiro atoms. The monoisotopic (exact) mass is 301 g/mol. The first kappa shape index (κ1) is 9.89. The van der Waals surface area contributed by atoms with Gasteiger partial charge in [-0.25, -0.2) is 4.98 Å². The lowest BCUT2D eigenvalue weighted by atomic mass is 10.3. The van der Waals surface area contributed by atoms with Crippen molar-refractivity contribution in [2.75, 3.05) is 0 Å². The number of halogens is 1. The van der Waals surface area contributed by atoms with Gasteiger partial charge in [0.2, 0.25) is 0 Å². The van der Waals surface area contributed by atoms with Crippen molar-refractivity contribution in [3.05, 3.63) is 27.5 Å². The van der Waals surface area contributed by atoms with Crippen LogP contribution < -0.4 is 0 Å². The topological polar surface area (TPSA) is 30.2 Å². The third kappa shape index (κ3) is 1.51. The van der Waals surface area contributed by atoms with E-state index in [1.165, 1.54) is 9.39 Å². The molecule has 2 heterocycles. The van der Waals surface area contributed by atoms with Gasteiger partial charge in [0.25, 0.3) is 0 Å². The van der Waals surface area contributed by atoms with E-state index in [2.05, 4.69) is 43.9 Å². The first-order valence-corrected chi connectivity index (χ1v) is 5.80. The fourth-order valence-electron chi connectivity index (χ4n) is 1.52. The number of nitrogens with zero attached hydrogens (tertiary/aromatic N) is 3. The van der Waals surface area contributed by atoms with Crippen LogP contribution >= 0.6 is 22.6 Å². The molecule has 0 unspecified atom stereocenters. The predicted molar refractivity (Wildman–Crippen MR) is 64.4 cm³/mol. The second kappa shape index (κ2) is 3.84. The van der Waals surface area contributed by atoms with Crippen LogP contribution in [0.3, 0.4) is 0 Å². The summed E-state index contributed by atoms with van der Waals surface area (Å²) in [4.78, 5) is 8.83. The van der Waals surface area contributed by atoms with Gasteiger partial charge >= 0.3 is 0 Å². The Balaban J connectivity index is 2.67. The maximum atomic E-state index is 4.59. The molecule has 0 saturated heterocycles. The van der Waals surface area contributed by atoms with Gasteiger partial charge in [-0.15, -0.1) is 0 Å². The van der Waals surface area contributed by atoms with Crippen LogP contribution in [-0.4, -0.2) is 14.4 Å². The zero-order valence-electron chi connectivity index (χ0n) is 8.29. The number of fused-ring (bicyclic) bond motifs is 1. The van der Waals surface area contributed by atoms with Crippen LogP contribution in [0.5, 0.6) is 0 Å². The van der Waals surface area contributed by atoms with Gasteiger partial charge in [0, 0.05) is 12.4 Å². The zero-order valence-corrected chi connectivity index (χ0v) is 10.4. The fraction of sp³-hybridized carbons (Fsp3) is 0.400. The number of aromatic nitrogens is 3. The quantitative estimate of drug-likeness (QED) is 0.798. The summed E-state index contributed by atoms with van der Waals surface area (Å²) in [5, 5.41) is 0. The van der Waals surface area contributed by atoms with Crippen LogP contribution in [-0.2, 0) is 6.42 Å². The Hall–Kier alpha value is -0.650. The Morgan fingerprint density at radius 2 is 2.29 bits per heavy atom. The lowest BCUT2D eigenvalue weighted by Crippen LogP contribution is -1.91. The highest BCUT2D eigenvalue weighted by atomic mass is 127. The Morgan fingerprint density at radius 3 is 2.93 bits per heavy atom. The van der Waals surface area contributed by atoms with E-state index in [9.17, 15) is 0 Å². The Morgan fingerprint density at radius 1 is 1.50 bits per heavy atom. The minimum Gasteiger partial charge on any atom is -0.292 e. The number of rotatable bonds is 2. The Bertz CT molecular complexity index is 462. The molecule has 0 saturated carbocycles. The average molecular weight is 301 g/mol. The molecule has 0 aliphatic carbocycles. The van der Waals surface area contributed by atoms with Crippen molar-refractivity contribution < 1.29 is 0 Å². The molecule has 2 aromatic rings. The van der Waals surface area contributed by atoms with Crippen molar-refractivity contribution in [1.82, 2.24) is 14.4 Å². The molecule has 0 aliphatic rings. The summed E-state index contributed by atoms with van der Waals surface area (Å²) in [5.74, 6) is 0. The Kier molecular flexibility index (Phi) is 2.71. The van der Waals surface area contributed by atoms with E-state index in [1.54, 1.807) is 0 Å². The summed E-state index contributed by atoms with van der Waals surface area (Å²) in [7, 11) is 0. The van der Waals surface area contributed by atoms with Crippen molar-refractivity contribution >= 4 is 28.2 Å². The normalized spacial score (nSPS) is 11.1. The van der Waals surface area contributed by atoms with E-state index in [4.69, 9.17) is 0 Å². The maximum absolute atomic E-state index is 4.59. The van der Waals surface area contributed by atoms with Crippen molar-refractivity contribution in [2.45, 2.75) is 26.7 Å². The summed E-state index contributed by atoms with van der Waals surface area (Å²) >= 11 is 2.35. The Labute approximate surface area is 96.7 Å². The molecule has 0 amide bonds. The second-order valence-electron chi connectivity index (χ2n) is 3.31. The molecule has 4 heteroatoms. The van der Waals surface area contributed by atoms with Crippen LogP contribution in [0, 0.1) is 10.6 Å². The molecular weight excluding hydrogens is 289 g/mol. The zero-order chi connectivity index (χ0) is 10.1. The number of hydrogen-bond acceptors (Lipinski definition) is 2.